The lowest BCUT2D eigenvalue weighted by Crippen LogP contribution is -2.52. The number of ether oxygens (including phenoxy) is 3. The van der Waals surface area contributed by atoms with Gasteiger partial charge in [0.15, 0.2) is 6.17 Å². The van der Waals surface area contributed by atoms with Crippen LogP contribution < -0.4 is 21.1 Å². The predicted molar refractivity (Wildman–Crippen MR) is 103 cm³/mol. The summed E-state index contributed by atoms with van der Waals surface area (Å²) in [5, 5.41) is 4.85. The van der Waals surface area contributed by atoms with Gasteiger partial charge < -0.3 is 30.6 Å². The van der Waals surface area contributed by atoms with E-state index in [4.69, 9.17) is 15.2 Å². The van der Waals surface area contributed by atoms with Gasteiger partial charge in [-0.2, -0.15) is 0 Å². The molecule has 0 fully saturated rings. The number of esters is 1. The molecule has 0 aliphatic rings. The number of alkyl carbamates (subject to hydrolysis) is 1. The molecule has 0 aliphatic carbocycles. The molecule has 9 heteroatoms. The summed E-state index contributed by atoms with van der Waals surface area (Å²) >= 11 is 0. The van der Waals surface area contributed by atoms with E-state index in [9.17, 15) is 14.4 Å². The second kappa shape index (κ2) is 9.93. The Bertz CT molecular complexity index is 714. The molecule has 0 radical (unpaired) electrons. The van der Waals surface area contributed by atoms with Crippen molar-refractivity contribution in [2.45, 2.75) is 51.9 Å². The molecule has 1 aromatic rings. The van der Waals surface area contributed by atoms with Crippen LogP contribution in [0.1, 0.15) is 44.9 Å². The lowest BCUT2D eigenvalue weighted by molar-refractivity contribution is -0.145. The van der Waals surface area contributed by atoms with Gasteiger partial charge >= 0.3 is 12.1 Å². The van der Waals surface area contributed by atoms with E-state index in [1.54, 1.807) is 46.1 Å². The highest BCUT2D eigenvalue weighted by Gasteiger charge is 2.29. The van der Waals surface area contributed by atoms with Crippen molar-refractivity contribution in [1.29, 1.82) is 0 Å². The van der Waals surface area contributed by atoms with Crippen molar-refractivity contribution >= 4 is 18.0 Å². The third kappa shape index (κ3) is 6.73. The number of methoxy groups -OCH3 is 2. The molecule has 0 aliphatic heterocycles. The number of nitrogens with two attached hydrogens (primary N) is 1. The van der Waals surface area contributed by atoms with Crippen molar-refractivity contribution in [2.24, 2.45) is 5.73 Å². The van der Waals surface area contributed by atoms with Gasteiger partial charge in [-0.05, 0) is 50.5 Å². The highest BCUT2D eigenvalue weighted by Crippen LogP contribution is 2.24. The average molecular weight is 395 g/mol. The molecule has 2 amide bonds. The van der Waals surface area contributed by atoms with Gasteiger partial charge in [-0.15, -0.1) is 0 Å². The van der Waals surface area contributed by atoms with Crippen LogP contribution in [0.2, 0.25) is 0 Å². The molecule has 9 nitrogen and oxygen atoms in total. The quantitative estimate of drug-likeness (QED) is 0.470. The molecular weight excluding hydrogens is 366 g/mol. The molecule has 0 saturated heterocycles. The third-order valence-corrected chi connectivity index (χ3v) is 3.69. The standard InChI is InChI=1S/C19H29N3O6/c1-7-11-10-12(8-9-13(11)26-5)14(21-18(25)28-19(2,3)4)16(23)22-15(20)17(24)27-6/h8-10,14-15H,7,20H2,1-6H3,(H,21,25)(H,22,23). The summed E-state index contributed by atoms with van der Waals surface area (Å²) in [4.78, 5) is 36.5. The van der Waals surface area contributed by atoms with Crippen LogP contribution in [0.3, 0.4) is 0 Å². The van der Waals surface area contributed by atoms with Crippen molar-refractivity contribution in [3.05, 3.63) is 29.3 Å². The largest absolute Gasteiger partial charge is 0.496 e. The first-order valence-corrected chi connectivity index (χ1v) is 8.82. The minimum atomic E-state index is -1.37. The summed E-state index contributed by atoms with van der Waals surface area (Å²) in [5.74, 6) is -0.835. The van der Waals surface area contributed by atoms with Crippen molar-refractivity contribution in [3.63, 3.8) is 0 Å². The Morgan fingerprint density at radius 1 is 1.14 bits per heavy atom. The Hall–Kier alpha value is -2.81. The van der Waals surface area contributed by atoms with Gasteiger partial charge in [0.1, 0.15) is 17.4 Å². The summed E-state index contributed by atoms with van der Waals surface area (Å²) in [6.07, 6.45) is -1.50. The first kappa shape index (κ1) is 23.2. The lowest BCUT2D eigenvalue weighted by atomic mass is 10.0. The monoisotopic (exact) mass is 395 g/mol. The summed E-state index contributed by atoms with van der Waals surface area (Å²) in [7, 11) is 2.70. The molecule has 0 spiro atoms. The van der Waals surface area contributed by atoms with Crippen LogP contribution in [0.15, 0.2) is 18.2 Å². The number of aryl methyl sites for hydroxylation is 1. The maximum Gasteiger partial charge on any atom is 0.408 e. The van der Waals surface area contributed by atoms with E-state index in [0.29, 0.717) is 17.7 Å². The van der Waals surface area contributed by atoms with Crippen molar-refractivity contribution in [1.82, 2.24) is 10.6 Å². The molecule has 2 atom stereocenters. The summed E-state index contributed by atoms with van der Waals surface area (Å²) in [5.41, 5.74) is 6.19. The highest BCUT2D eigenvalue weighted by molar-refractivity contribution is 5.90. The van der Waals surface area contributed by atoms with E-state index >= 15 is 0 Å². The molecule has 1 aromatic carbocycles. The fraction of sp³-hybridized carbons (Fsp3) is 0.526. The summed E-state index contributed by atoms with van der Waals surface area (Å²) < 4.78 is 15.0. The highest BCUT2D eigenvalue weighted by atomic mass is 16.6. The van der Waals surface area contributed by atoms with Gasteiger partial charge in [-0.1, -0.05) is 13.0 Å². The average Bonchev–Trinajstić information content (AvgIpc) is 2.63. The Morgan fingerprint density at radius 3 is 2.29 bits per heavy atom. The van der Waals surface area contributed by atoms with E-state index in [-0.39, 0.29) is 0 Å². The summed E-state index contributed by atoms with van der Waals surface area (Å²) in [6.45, 7) is 7.05. The van der Waals surface area contributed by atoms with Gasteiger partial charge in [-0.25, -0.2) is 9.59 Å². The number of hydrogen-bond acceptors (Lipinski definition) is 7. The Morgan fingerprint density at radius 2 is 1.79 bits per heavy atom. The van der Waals surface area contributed by atoms with E-state index < -0.39 is 35.8 Å². The molecule has 0 heterocycles. The Labute approximate surface area is 164 Å². The van der Waals surface area contributed by atoms with E-state index in [0.717, 1.165) is 12.7 Å². The van der Waals surface area contributed by atoms with Crippen LogP contribution in [0.5, 0.6) is 5.75 Å². The molecule has 0 bridgehead atoms. The zero-order valence-corrected chi connectivity index (χ0v) is 17.1. The zero-order chi connectivity index (χ0) is 21.5. The molecular formula is C19H29N3O6. The SMILES string of the molecule is CCc1cc(C(NC(=O)OC(C)(C)C)C(=O)NC(N)C(=O)OC)ccc1OC. The van der Waals surface area contributed by atoms with Crippen LogP contribution in [-0.2, 0) is 25.5 Å². The van der Waals surface area contributed by atoms with Crippen LogP contribution in [0.4, 0.5) is 4.79 Å². The Balaban J connectivity index is 3.18. The van der Waals surface area contributed by atoms with Crippen molar-refractivity contribution in [3.8, 4) is 5.75 Å². The molecule has 1 rings (SSSR count). The second-order valence-corrected chi connectivity index (χ2v) is 7.01. The third-order valence-electron chi connectivity index (χ3n) is 3.69. The smallest absolute Gasteiger partial charge is 0.408 e. The van der Waals surface area contributed by atoms with Crippen LogP contribution in [0, 0.1) is 0 Å². The van der Waals surface area contributed by atoms with Crippen molar-refractivity contribution < 1.29 is 28.6 Å². The van der Waals surface area contributed by atoms with Crippen LogP contribution in [-0.4, -0.2) is 44.0 Å². The maximum atomic E-state index is 12.7. The number of rotatable bonds is 7. The van der Waals surface area contributed by atoms with Gasteiger partial charge in [0.2, 0.25) is 5.91 Å². The Kier molecular flexibility index (Phi) is 8.24. The topological polar surface area (TPSA) is 129 Å². The number of benzene rings is 1. The first-order chi connectivity index (χ1) is 13.0. The van der Waals surface area contributed by atoms with E-state index in [2.05, 4.69) is 15.4 Å². The van der Waals surface area contributed by atoms with Crippen LogP contribution in [0.25, 0.3) is 0 Å². The zero-order valence-electron chi connectivity index (χ0n) is 17.1. The predicted octanol–water partition coefficient (Wildman–Crippen LogP) is 1.40. The second-order valence-electron chi connectivity index (χ2n) is 7.01. The van der Waals surface area contributed by atoms with E-state index in [1.165, 1.54) is 0 Å². The first-order valence-electron chi connectivity index (χ1n) is 8.82. The normalized spacial score (nSPS) is 13.1. The number of amides is 2. The number of hydrogen-bond donors (Lipinski definition) is 3. The molecule has 156 valence electrons. The minimum absolute atomic E-state index is 0.484. The van der Waals surface area contributed by atoms with Gasteiger partial charge in [0, 0.05) is 0 Å². The fourth-order valence-electron chi connectivity index (χ4n) is 2.40. The number of carbonyl (C=O) groups excluding carboxylic acids is 3. The van der Waals surface area contributed by atoms with Gasteiger partial charge in [0.25, 0.3) is 0 Å². The summed E-state index contributed by atoms with van der Waals surface area (Å²) in [6, 6.07) is 3.94. The lowest BCUT2D eigenvalue weighted by Gasteiger charge is -2.24. The van der Waals surface area contributed by atoms with E-state index in [1.807, 2.05) is 6.92 Å². The minimum Gasteiger partial charge on any atom is -0.496 e. The van der Waals surface area contributed by atoms with Crippen LogP contribution >= 0.6 is 0 Å². The van der Waals surface area contributed by atoms with Gasteiger partial charge in [-0.3, -0.25) is 4.79 Å². The number of nitrogens with one attached hydrogen (secondary N) is 2. The molecule has 0 saturated carbocycles. The van der Waals surface area contributed by atoms with Gasteiger partial charge in [0.05, 0.1) is 14.2 Å². The molecule has 0 aromatic heterocycles. The fourth-order valence-corrected chi connectivity index (χ4v) is 2.40. The molecule has 4 N–H and O–H groups in total. The number of carbonyl (C=O) groups is 3. The molecule has 2 unspecified atom stereocenters. The molecule has 28 heavy (non-hydrogen) atoms. The maximum absolute atomic E-state index is 12.7. The van der Waals surface area contributed by atoms with Crippen molar-refractivity contribution in [2.75, 3.05) is 14.2 Å².